The molecule has 1 aromatic carbocycles. The lowest BCUT2D eigenvalue weighted by molar-refractivity contribution is -0.384. The average Bonchev–Trinajstić information content (AvgIpc) is 3.07. The summed E-state index contributed by atoms with van der Waals surface area (Å²) in [5.74, 6) is 1.29. The minimum atomic E-state index is -0.402. The molecular weight excluding hydrogens is 220 g/mol. The van der Waals surface area contributed by atoms with Crippen molar-refractivity contribution in [3.05, 3.63) is 46.2 Å². The number of nitrogens with zero attached hydrogens (tertiary/aromatic N) is 2. The van der Waals surface area contributed by atoms with Crippen LogP contribution in [0.1, 0.15) is 24.5 Å². The molecule has 0 atom stereocenters. The van der Waals surface area contributed by atoms with Gasteiger partial charge in [-0.05, 0) is 18.9 Å². The zero-order chi connectivity index (χ0) is 11.8. The largest absolute Gasteiger partial charge is 0.360 e. The van der Waals surface area contributed by atoms with E-state index >= 15 is 0 Å². The fourth-order valence-electron chi connectivity index (χ4n) is 1.83. The van der Waals surface area contributed by atoms with Gasteiger partial charge in [0.25, 0.3) is 5.69 Å². The molecule has 0 bridgehead atoms. The van der Waals surface area contributed by atoms with Crippen molar-refractivity contribution in [3.8, 4) is 11.3 Å². The Hall–Kier alpha value is -2.17. The van der Waals surface area contributed by atoms with Gasteiger partial charge < -0.3 is 4.52 Å². The van der Waals surface area contributed by atoms with Crippen molar-refractivity contribution >= 4 is 5.69 Å². The number of rotatable bonds is 3. The molecule has 0 amide bonds. The molecule has 1 heterocycles. The van der Waals surface area contributed by atoms with Crippen molar-refractivity contribution in [1.29, 1.82) is 0 Å². The molecule has 86 valence electrons. The van der Waals surface area contributed by atoms with Gasteiger partial charge in [0.1, 0.15) is 11.5 Å². The summed E-state index contributed by atoms with van der Waals surface area (Å²) >= 11 is 0. The SMILES string of the molecule is O=[N+]([O-])c1ccccc1-c1cc(C2CC2)on1. The number of hydrogen-bond acceptors (Lipinski definition) is 4. The first kappa shape index (κ1) is 10.0. The quantitative estimate of drug-likeness (QED) is 0.600. The minimum Gasteiger partial charge on any atom is -0.360 e. The standard InChI is InChI=1S/C12H10N2O3/c15-14(16)11-4-2-1-3-9(11)10-7-12(17-13-10)8-5-6-8/h1-4,7-8H,5-6H2. The van der Waals surface area contributed by atoms with E-state index < -0.39 is 4.92 Å². The van der Waals surface area contributed by atoms with E-state index in [0.29, 0.717) is 17.2 Å². The van der Waals surface area contributed by atoms with Gasteiger partial charge in [-0.25, -0.2) is 0 Å². The summed E-state index contributed by atoms with van der Waals surface area (Å²) in [5.41, 5.74) is 1.11. The zero-order valence-electron chi connectivity index (χ0n) is 9.00. The Balaban J connectivity index is 2.04. The summed E-state index contributed by atoms with van der Waals surface area (Å²) < 4.78 is 5.21. The second-order valence-corrected chi connectivity index (χ2v) is 4.16. The van der Waals surface area contributed by atoms with Crippen LogP contribution in [-0.2, 0) is 0 Å². The van der Waals surface area contributed by atoms with Gasteiger partial charge in [-0.15, -0.1) is 0 Å². The van der Waals surface area contributed by atoms with Crippen molar-refractivity contribution in [2.24, 2.45) is 0 Å². The number of para-hydroxylation sites is 1. The van der Waals surface area contributed by atoms with Crippen molar-refractivity contribution < 1.29 is 9.45 Å². The highest BCUT2D eigenvalue weighted by atomic mass is 16.6. The van der Waals surface area contributed by atoms with Crippen LogP contribution in [-0.4, -0.2) is 10.1 Å². The number of benzene rings is 1. The Morgan fingerprint density at radius 1 is 1.35 bits per heavy atom. The third-order valence-corrected chi connectivity index (χ3v) is 2.88. The molecule has 1 aliphatic rings. The lowest BCUT2D eigenvalue weighted by Crippen LogP contribution is -1.91. The predicted octanol–water partition coefficient (Wildman–Crippen LogP) is 3.13. The molecule has 0 radical (unpaired) electrons. The van der Waals surface area contributed by atoms with E-state index in [1.54, 1.807) is 24.3 Å². The fraction of sp³-hybridized carbons (Fsp3) is 0.250. The highest BCUT2D eigenvalue weighted by molar-refractivity contribution is 5.70. The maximum atomic E-state index is 10.9. The van der Waals surface area contributed by atoms with Gasteiger partial charge in [0.05, 0.1) is 10.5 Å². The maximum Gasteiger partial charge on any atom is 0.278 e. The van der Waals surface area contributed by atoms with Crippen LogP contribution in [0.2, 0.25) is 0 Å². The molecular formula is C12H10N2O3. The van der Waals surface area contributed by atoms with Crippen molar-refractivity contribution in [2.75, 3.05) is 0 Å². The topological polar surface area (TPSA) is 69.2 Å². The van der Waals surface area contributed by atoms with Crippen LogP contribution in [0.3, 0.4) is 0 Å². The second kappa shape index (κ2) is 3.69. The molecule has 0 saturated heterocycles. The zero-order valence-corrected chi connectivity index (χ0v) is 9.00. The van der Waals surface area contributed by atoms with Gasteiger partial charge in [0.15, 0.2) is 0 Å². The molecule has 0 N–H and O–H groups in total. The second-order valence-electron chi connectivity index (χ2n) is 4.16. The molecule has 0 unspecified atom stereocenters. The summed E-state index contributed by atoms with van der Waals surface area (Å²) in [6.07, 6.45) is 2.23. The van der Waals surface area contributed by atoms with Crippen molar-refractivity contribution in [3.63, 3.8) is 0 Å². The molecule has 17 heavy (non-hydrogen) atoms. The van der Waals surface area contributed by atoms with E-state index in [4.69, 9.17) is 4.52 Å². The number of aromatic nitrogens is 1. The molecule has 0 aliphatic heterocycles. The first-order valence-electron chi connectivity index (χ1n) is 5.46. The summed E-state index contributed by atoms with van der Waals surface area (Å²) in [5, 5.41) is 14.8. The average molecular weight is 230 g/mol. The third-order valence-electron chi connectivity index (χ3n) is 2.88. The predicted molar refractivity (Wildman–Crippen MR) is 60.6 cm³/mol. The van der Waals surface area contributed by atoms with Gasteiger partial charge in [0.2, 0.25) is 0 Å². The Labute approximate surface area is 97.2 Å². The smallest absolute Gasteiger partial charge is 0.278 e. The summed E-state index contributed by atoms with van der Waals surface area (Å²) in [7, 11) is 0. The van der Waals surface area contributed by atoms with E-state index in [-0.39, 0.29) is 5.69 Å². The molecule has 5 heteroatoms. The van der Waals surface area contributed by atoms with Crippen LogP contribution in [0.25, 0.3) is 11.3 Å². The Kier molecular flexibility index (Phi) is 2.18. The first-order valence-corrected chi connectivity index (χ1v) is 5.46. The third kappa shape index (κ3) is 1.80. The molecule has 1 aliphatic carbocycles. The highest BCUT2D eigenvalue weighted by Crippen LogP contribution is 2.41. The highest BCUT2D eigenvalue weighted by Gasteiger charge is 2.29. The molecule has 5 nitrogen and oxygen atoms in total. The van der Waals surface area contributed by atoms with Gasteiger partial charge in [-0.2, -0.15) is 0 Å². The number of nitro benzene ring substituents is 1. The van der Waals surface area contributed by atoms with Crippen LogP contribution < -0.4 is 0 Å². The van der Waals surface area contributed by atoms with Crippen LogP contribution in [0.5, 0.6) is 0 Å². The van der Waals surface area contributed by atoms with Crippen LogP contribution in [0.15, 0.2) is 34.9 Å². The lowest BCUT2D eigenvalue weighted by Gasteiger charge is -1.96. The first-order chi connectivity index (χ1) is 8.25. The molecule has 0 spiro atoms. The van der Waals surface area contributed by atoms with Gasteiger partial charge in [-0.1, -0.05) is 17.3 Å². The number of nitro groups is 1. The molecule has 1 fully saturated rings. The van der Waals surface area contributed by atoms with Crippen molar-refractivity contribution in [2.45, 2.75) is 18.8 Å². The van der Waals surface area contributed by atoms with E-state index in [1.807, 2.05) is 0 Å². The summed E-state index contributed by atoms with van der Waals surface area (Å²) in [6, 6.07) is 8.37. The summed E-state index contributed by atoms with van der Waals surface area (Å²) in [4.78, 5) is 10.5. The van der Waals surface area contributed by atoms with Crippen LogP contribution in [0.4, 0.5) is 5.69 Å². The normalized spacial score (nSPS) is 14.8. The summed E-state index contributed by atoms with van der Waals surface area (Å²) in [6.45, 7) is 0. The van der Waals surface area contributed by atoms with Crippen LogP contribution in [0, 0.1) is 10.1 Å². The molecule has 1 saturated carbocycles. The van der Waals surface area contributed by atoms with E-state index in [0.717, 1.165) is 18.6 Å². The molecule has 2 aromatic rings. The van der Waals surface area contributed by atoms with Gasteiger partial charge in [0, 0.05) is 18.1 Å². The Bertz CT molecular complexity index is 573. The van der Waals surface area contributed by atoms with E-state index in [2.05, 4.69) is 5.16 Å². The minimum absolute atomic E-state index is 0.0585. The monoisotopic (exact) mass is 230 g/mol. The fourth-order valence-corrected chi connectivity index (χ4v) is 1.83. The van der Waals surface area contributed by atoms with Gasteiger partial charge in [-0.3, -0.25) is 10.1 Å². The molecule has 3 rings (SSSR count). The Morgan fingerprint density at radius 3 is 2.82 bits per heavy atom. The van der Waals surface area contributed by atoms with Gasteiger partial charge >= 0.3 is 0 Å². The maximum absolute atomic E-state index is 10.9. The van der Waals surface area contributed by atoms with E-state index in [1.165, 1.54) is 6.07 Å². The van der Waals surface area contributed by atoms with E-state index in [9.17, 15) is 10.1 Å². The molecule has 1 aromatic heterocycles. The lowest BCUT2D eigenvalue weighted by atomic mass is 10.1. The van der Waals surface area contributed by atoms with Crippen molar-refractivity contribution in [1.82, 2.24) is 5.16 Å². The van der Waals surface area contributed by atoms with Crippen LogP contribution >= 0.6 is 0 Å². The number of hydrogen-bond donors (Lipinski definition) is 0. The Morgan fingerprint density at radius 2 is 2.12 bits per heavy atom.